The van der Waals surface area contributed by atoms with E-state index in [1.54, 1.807) is 19.0 Å². The Labute approximate surface area is 146 Å². The van der Waals surface area contributed by atoms with Gasteiger partial charge in [-0.3, -0.25) is 4.79 Å². The van der Waals surface area contributed by atoms with Crippen molar-refractivity contribution < 1.29 is 4.79 Å². The second-order valence-corrected chi connectivity index (χ2v) is 5.90. The van der Waals surface area contributed by atoms with E-state index in [-0.39, 0.29) is 36.4 Å². The zero-order valence-corrected chi connectivity index (χ0v) is 16.2. The molecular weight excluding hydrogens is 379 g/mol. The van der Waals surface area contributed by atoms with Crippen molar-refractivity contribution in [2.45, 2.75) is 39.5 Å². The van der Waals surface area contributed by atoms with Crippen LogP contribution < -0.4 is 5.32 Å². The van der Waals surface area contributed by atoms with Crippen LogP contribution in [0.2, 0.25) is 0 Å². The van der Waals surface area contributed by atoms with Gasteiger partial charge in [-0.2, -0.15) is 0 Å². The van der Waals surface area contributed by atoms with Crippen molar-refractivity contribution in [3.63, 3.8) is 0 Å². The molecule has 1 amide bonds. The van der Waals surface area contributed by atoms with Gasteiger partial charge in [-0.1, -0.05) is 20.3 Å². The molecule has 0 radical (unpaired) electrons. The molecule has 5 nitrogen and oxygen atoms in total. The summed E-state index contributed by atoms with van der Waals surface area (Å²) in [6.07, 6.45) is 4.78. The van der Waals surface area contributed by atoms with Gasteiger partial charge in [0.15, 0.2) is 5.96 Å². The minimum atomic E-state index is 0. The van der Waals surface area contributed by atoms with Crippen molar-refractivity contribution in [3.8, 4) is 0 Å². The van der Waals surface area contributed by atoms with Crippen LogP contribution in [0.1, 0.15) is 39.5 Å². The highest BCUT2D eigenvalue weighted by atomic mass is 127. The molecule has 1 atom stereocenters. The number of likely N-dealkylation sites (tertiary alicyclic amines) is 1. The molecular formula is C15H31IN4O. The van der Waals surface area contributed by atoms with E-state index in [4.69, 9.17) is 0 Å². The van der Waals surface area contributed by atoms with E-state index in [0.29, 0.717) is 5.92 Å². The molecule has 1 heterocycles. The van der Waals surface area contributed by atoms with Crippen molar-refractivity contribution in [1.29, 1.82) is 0 Å². The first-order valence-electron chi connectivity index (χ1n) is 7.78. The summed E-state index contributed by atoms with van der Waals surface area (Å²) in [4.78, 5) is 20.1. The minimum Gasteiger partial charge on any atom is -0.356 e. The largest absolute Gasteiger partial charge is 0.356 e. The lowest BCUT2D eigenvalue weighted by atomic mass is 10.0. The standard InChI is InChI=1S/C15H30N4O.HI/c1-5-6-9-16-15(17-11-14(20)18(3)4)19-10-7-8-13(2)12-19;/h13H,5-12H2,1-4H3,(H,16,17);1H. The molecule has 0 bridgehead atoms. The van der Waals surface area contributed by atoms with E-state index in [2.05, 4.69) is 29.1 Å². The van der Waals surface area contributed by atoms with Gasteiger partial charge in [-0.15, -0.1) is 24.0 Å². The molecule has 1 aliphatic rings. The Hall–Kier alpha value is -0.530. The number of aliphatic imine (C=N–C) groups is 1. The van der Waals surface area contributed by atoms with Crippen molar-refractivity contribution in [1.82, 2.24) is 15.1 Å². The molecule has 0 saturated carbocycles. The number of halogens is 1. The van der Waals surface area contributed by atoms with Crippen LogP contribution in [0.15, 0.2) is 4.99 Å². The first-order chi connectivity index (χ1) is 9.54. The Kier molecular flexibility index (Phi) is 10.8. The number of carbonyl (C=O) groups is 1. The van der Waals surface area contributed by atoms with Crippen LogP contribution in [0.5, 0.6) is 0 Å². The van der Waals surface area contributed by atoms with Gasteiger partial charge >= 0.3 is 0 Å². The van der Waals surface area contributed by atoms with Crippen molar-refractivity contribution in [3.05, 3.63) is 0 Å². The minimum absolute atomic E-state index is 0. The van der Waals surface area contributed by atoms with Crippen LogP contribution in [0, 0.1) is 5.92 Å². The molecule has 1 N–H and O–H groups in total. The number of piperidine rings is 1. The summed E-state index contributed by atoms with van der Waals surface area (Å²) in [6.45, 7) is 7.69. The predicted molar refractivity (Wildman–Crippen MR) is 99.3 cm³/mol. The molecule has 0 spiro atoms. The van der Waals surface area contributed by atoms with Crippen LogP contribution in [0.3, 0.4) is 0 Å². The van der Waals surface area contributed by atoms with E-state index in [1.165, 1.54) is 12.8 Å². The van der Waals surface area contributed by atoms with Gasteiger partial charge in [0.1, 0.15) is 6.54 Å². The summed E-state index contributed by atoms with van der Waals surface area (Å²) >= 11 is 0. The zero-order valence-electron chi connectivity index (χ0n) is 13.9. The normalized spacial score (nSPS) is 19.0. The highest BCUT2D eigenvalue weighted by Gasteiger charge is 2.19. The molecule has 1 fully saturated rings. The van der Waals surface area contributed by atoms with Gasteiger partial charge in [-0.25, -0.2) is 4.99 Å². The average Bonchev–Trinajstić information content (AvgIpc) is 2.42. The van der Waals surface area contributed by atoms with Crippen LogP contribution in [-0.2, 0) is 4.79 Å². The third-order valence-electron chi connectivity index (χ3n) is 3.63. The highest BCUT2D eigenvalue weighted by molar-refractivity contribution is 14.0. The number of nitrogens with zero attached hydrogens (tertiary/aromatic N) is 3. The number of amides is 1. The monoisotopic (exact) mass is 410 g/mol. The number of hydrogen-bond acceptors (Lipinski definition) is 2. The summed E-state index contributed by atoms with van der Waals surface area (Å²) in [7, 11) is 3.54. The van der Waals surface area contributed by atoms with Crippen molar-refractivity contribution >= 4 is 35.8 Å². The van der Waals surface area contributed by atoms with E-state index >= 15 is 0 Å². The number of hydrogen-bond donors (Lipinski definition) is 1. The molecule has 1 aliphatic heterocycles. The molecule has 1 saturated heterocycles. The maximum absolute atomic E-state index is 11.7. The van der Waals surface area contributed by atoms with Crippen LogP contribution >= 0.6 is 24.0 Å². The Morgan fingerprint density at radius 2 is 2.14 bits per heavy atom. The fraction of sp³-hybridized carbons (Fsp3) is 0.867. The number of nitrogens with one attached hydrogen (secondary N) is 1. The molecule has 6 heteroatoms. The molecule has 124 valence electrons. The summed E-state index contributed by atoms with van der Waals surface area (Å²) in [5.74, 6) is 1.65. The van der Waals surface area contributed by atoms with Gasteiger partial charge in [-0.05, 0) is 25.2 Å². The number of likely N-dealkylation sites (N-methyl/N-ethyl adjacent to an activating group) is 1. The van der Waals surface area contributed by atoms with E-state index < -0.39 is 0 Å². The van der Waals surface area contributed by atoms with Gasteiger partial charge in [0.2, 0.25) is 5.91 Å². The predicted octanol–water partition coefficient (Wildman–Crippen LogP) is 2.17. The lowest BCUT2D eigenvalue weighted by molar-refractivity contribution is -0.127. The molecule has 0 aromatic carbocycles. The molecule has 21 heavy (non-hydrogen) atoms. The Morgan fingerprint density at radius 1 is 1.43 bits per heavy atom. The molecule has 0 aliphatic carbocycles. The number of guanidine groups is 1. The first-order valence-corrected chi connectivity index (χ1v) is 7.78. The van der Waals surface area contributed by atoms with Crippen molar-refractivity contribution in [2.24, 2.45) is 10.9 Å². The number of carbonyl (C=O) groups excluding carboxylic acids is 1. The second-order valence-electron chi connectivity index (χ2n) is 5.90. The van der Waals surface area contributed by atoms with Crippen molar-refractivity contribution in [2.75, 3.05) is 40.3 Å². The molecule has 1 rings (SSSR count). The number of unbranched alkanes of at least 4 members (excludes halogenated alkanes) is 1. The lowest BCUT2D eigenvalue weighted by Crippen LogP contribution is -2.47. The SMILES string of the molecule is CCCCNC(=NCC(=O)N(C)C)N1CCCC(C)C1.I. The third kappa shape index (κ3) is 7.87. The fourth-order valence-corrected chi connectivity index (χ4v) is 2.31. The third-order valence-corrected chi connectivity index (χ3v) is 3.63. The van der Waals surface area contributed by atoms with Crippen LogP contribution in [-0.4, -0.2) is 61.9 Å². The van der Waals surface area contributed by atoms with Gasteiger partial charge < -0.3 is 15.1 Å². The second kappa shape index (κ2) is 11.1. The quantitative estimate of drug-likeness (QED) is 0.327. The topological polar surface area (TPSA) is 47.9 Å². The summed E-state index contributed by atoms with van der Waals surface area (Å²) in [6, 6.07) is 0. The first kappa shape index (κ1) is 20.5. The zero-order chi connectivity index (χ0) is 15.0. The number of rotatable bonds is 5. The Bertz CT molecular complexity index is 334. The fourth-order valence-electron chi connectivity index (χ4n) is 2.31. The summed E-state index contributed by atoms with van der Waals surface area (Å²) in [5.41, 5.74) is 0. The van der Waals surface area contributed by atoms with Crippen LogP contribution in [0.25, 0.3) is 0 Å². The summed E-state index contributed by atoms with van der Waals surface area (Å²) in [5, 5.41) is 3.41. The Balaban J connectivity index is 0.00000400. The van der Waals surface area contributed by atoms with E-state index in [0.717, 1.165) is 38.4 Å². The van der Waals surface area contributed by atoms with Gasteiger partial charge in [0.05, 0.1) is 0 Å². The van der Waals surface area contributed by atoms with E-state index in [1.807, 2.05) is 0 Å². The summed E-state index contributed by atoms with van der Waals surface area (Å²) < 4.78 is 0. The van der Waals surface area contributed by atoms with Gasteiger partial charge in [0.25, 0.3) is 0 Å². The molecule has 1 unspecified atom stereocenters. The van der Waals surface area contributed by atoms with Gasteiger partial charge in [0, 0.05) is 33.7 Å². The molecule has 0 aromatic heterocycles. The molecule has 0 aromatic rings. The van der Waals surface area contributed by atoms with Crippen LogP contribution in [0.4, 0.5) is 0 Å². The van der Waals surface area contributed by atoms with E-state index in [9.17, 15) is 4.79 Å². The smallest absolute Gasteiger partial charge is 0.243 e. The lowest BCUT2D eigenvalue weighted by Gasteiger charge is -2.33. The maximum Gasteiger partial charge on any atom is 0.243 e. The maximum atomic E-state index is 11.7. The highest BCUT2D eigenvalue weighted by Crippen LogP contribution is 2.15. The average molecular weight is 410 g/mol. The Morgan fingerprint density at radius 3 is 2.71 bits per heavy atom.